The Hall–Kier alpha value is -1.08. The van der Waals surface area contributed by atoms with Gasteiger partial charge in [-0.1, -0.05) is 18.7 Å². The lowest BCUT2D eigenvalue weighted by Gasteiger charge is -2.29. The molecule has 6 nitrogen and oxygen atoms in total. The van der Waals surface area contributed by atoms with E-state index in [1.807, 2.05) is 13.8 Å². The van der Waals surface area contributed by atoms with Crippen LogP contribution in [0.15, 0.2) is 9.64 Å². The molecule has 7 heteroatoms. The first-order valence-electron chi connectivity index (χ1n) is 6.43. The van der Waals surface area contributed by atoms with Gasteiger partial charge in [0.15, 0.2) is 0 Å². The molecule has 19 heavy (non-hydrogen) atoms. The number of aryl methyl sites for hydroxylation is 1. The predicted octanol–water partition coefficient (Wildman–Crippen LogP) is 1.24. The van der Waals surface area contributed by atoms with E-state index in [0.717, 1.165) is 12.8 Å². The van der Waals surface area contributed by atoms with Gasteiger partial charge in [0.1, 0.15) is 0 Å². The van der Waals surface area contributed by atoms with Crippen molar-refractivity contribution >= 4 is 17.7 Å². The van der Waals surface area contributed by atoms with Crippen molar-refractivity contribution < 1.29 is 9.21 Å². The highest BCUT2D eigenvalue weighted by molar-refractivity contribution is 7.99. The number of carbonyl (C=O) groups is 1. The number of thioether (sulfide) groups is 1. The van der Waals surface area contributed by atoms with Crippen molar-refractivity contribution in [2.75, 3.05) is 0 Å². The highest BCUT2D eigenvalue weighted by atomic mass is 32.2. The average molecular weight is 284 g/mol. The summed E-state index contributed by atoms with van der Waals surface area (Å²) in [5.41, 5.74) is 4.85. The predicted molar refractivity (Wildman–Crippen MR) is 72.7 cm³/mol. The summed E-state index contributed by atoms with van der Waals surface area (Å²) in [6.07, 6.45) is 2.87. The molecule has 3 N–H and O–H groups in total. The number of hydrogen-bond donors (Lipinski definition) is 2. The number of hydrogen-bond acceptors (Lipinski definition) is 6. The van der Waals surface area contributed by atoms with Crippen molar-refractivity contribution in [3.05, 3.63) is 5.89 Å². The largest absolute Gasteiger partial charge is 0.416 e. The van der Waals surface area contributed by atoms with E-state index in [-0.39, 0.29) is 11.2 Å². The van der Waals surface area contributed by atoms with Gasteiger partial charge in [0, 0.05) is 18.2 Å². The first-order valence-corrected chi connectivity index (χ1v) is 7.31. The van der Waals surface area contributed by atoms with Crippen molar-refractivity contribution in [1.82, 2.24) is 15.5 Å². The molecule has 2 atom stereocenters. The van der Waals surface area contributed by atoms with Crippen molar-refractivity contribution in [2.45, 2.75) is 62.1 Å². The number of amides is 1. The Kier molecular flexibility index (Phi) is 4.15. The van der Waals surface area contributed by atoms with Gasteiger partial charge >= 0.3 is 0 Å². The van der Waals surface area contributed by atoms with Crippen LogP contribution in [0.3, 0.4) is 0 Å². The molecule has 0 aromatic carbocycles. The molecule has 106 valence electrons. The molecule has 1 saturated carbocycles. The van der Waals surface area contributed by atoms with Gasteiger partial charge in [-0.3, -0.25) is 4.79 Å². The minimum absolute atomic E-state index is 0.156. The van der Waals surface area contributed by atoms with Gasteiger partial charge in [-0.25, -0.2) is 0 Å². The highest BCUT2D eigenvalue weighted by Crippen LogP contribution is 2.30. The summed E-state index contributed by atoms with van der Waals surface area (Å²) < 4.78 is 5.33. The fraction of sp³-hybridized carbons (Fsp3) is 0.750. The number of primary amides is 1. The van der Waals surface area contributed by atoms with E-state index in [1.165, 1.54) is 11.8 Å². The minimum Gasteiger partial charge on any atom is -0.416 e. The Morgan fingerprint density at radius 3 is 2.79 bits per heavy atom. The molecule has 1 aliphatic carbocycles. The molecule has 2 rings (SSSR count). The zero-order valence-corrected chi connectivity index (χ0v) is 12.3. The summed E-state index contributed by atoms with van der Waals surface area (Å²) >= 11 is 1.47. The molecule has 1 amide bonds. The van der Waals surface area contributed by atoms with Crippen LogP contribution in [0.4, 0.5) is 0 Å². The summed E-state index contributed by atoms with van der Waals surface area (Å²) in [5, 5.41) is 11.7. The Morgan fingerprint density at radius 2 is 2.32 bits per heavy atom. The maximum atomic E-state index is 11.7. The van der Waals surface area contributed by atoms with Gasteiger partial charge in [0.05, 0.1) is 5.54 Å². The van der Waals surface area contributed by atoms with Crippen LogP contribution in [-0.4, -0.2) is 32.9 Å². The third-order valence-electron chi connectivity index (χ3n) is 3.15. The normalized spacial score (nSPS) is 19.9. The number of nitrogens with one attached hydrogen (secondary N) is 1. The fourth-order valence-corrected chi connectivity index (χ4v) is 3.04. The molecule has 0 aliphatic heterocycles. The lowest BCUT2D eigenvalue weighted by atomic mass is 9.95. The van der Waals surface area contributed by atoms with Crippen molar-refractivity contribution in [3.63, 3.8) is 0 Å². The Morgan fingerprint density at radius 1 is 1.63 bits per heavy atom. The fourth-order valence-electron chi connectivity index (χ4n) is 2.02. The Balaban J connectivity index is 1.94. The third kappa shape index (κ3) is 3.94. The van der Waals surface area contributed by atoms with Crippen LogP contribution in [0, 0.1) is 6.92 Å². The zero-order valence-electron chi connectivity index (χ0n) is 11.5. The second-order valence-corrected chi connectivity index (χ2v) is 6.72. The molecular weight excluding hydrogens is 264 g/mol. The summed E-state index contributed by atoms with van der Waals surface area (Å²) in [5.74, 6) is 0.233. The van der Waals surface area contributed by atoms with Crippen LogP contribution >= 0.6 is 11.8 Å². The zero-order chi connectivity index (χ0) is 14.0. The van der Waals surface area contributed by atoms with Gasteiger partial charge < -0.3 is 15.5 Å². The molecule has 0 spiro atoms. The minimum atomic E-state index is -0.678. The molecule has 1 heterocycles. The van der Waals surface area contributed by atoms with E-state index in [9.17, 15) is 4.79 Å². The molecule has 1 fully saturated rings. The lowest BCUT2D eigenvalue weighted by Crippen LogP contribution is -2.55. The quantitative estimate of drug-likeness (QED) is 0.732. The van der Waals surface area contributed by atoms with Gasteiger partial charge in [0.25, 0.3) is 5.22 Å². The molecular formula is C12H20N4O2S. The SMILES string of the molecule is Cc1nnc(SC(C)CC(C)(NC2CC2)C(N)=O)o1. The van der Waals surface area contributed by atoms with Crippen LogP contribution in [-0.2, 0) is 4.79 Å². The standard InChI is InChI=1S/C12H20N4O2S/c1-7(19-11-16-15-8(2)18-11)6-12(3,10(13)17)14-9-4-5-9/h7,9,14H,4-6H2,1-3H3,(H2,13,17). The van der Waals surface area contributed by atoms with Crippen LogP contribution in [0.25, 0.3) is 0 Å². The van der Waals surface area contributed by atoms with Crippen LogP contribution < -0.4 is 11.1 Å². The molecule has 1 aliphatic rings. The maximum absolute atomic E-state index is 11.7. The van der Waals surface area contributed by atoms with E-state index in [4.69, 9.17) is 10.2 Å². The van der Waals surface area contributed by atoms with Gasteiger partial charge in [-0.05, 0) is 26.2 Å². The van der Waals surface area contributed by atoms with Crippen molar-refractivity contribution in [3.8, 4) is 0 Å². The lowest BCUT2D eigenvalue weighted by molar-refractivity contribution is -0.124. The van der Waals surface area contributed by atoms with Crippen LogP contribution in [0.5, 0.6) is 0 Å². The highest BCUT2D eigenvalue weighted by Gasteiger charge is 2.38. The third-order valence-corrected chi connectivity index (χ3v) is 4.08. The first-order chi connectivity index (χ1) is 8.89. The number of carbonyl (C=O) groups excluding carboxylic acids is 1. The van der Waals surface area contributed by atoms with Crippen molar-refractivity contribution in [1.29, 1.82) is 0 Å². The molecule has 0 saturated heterocycles. The molecule has 1 aromatic heterocycles. The summed E-state index contributed by atoms with van der Waals surface area (Å²) in [7, 11) is 0. The van der Waals surface area contributed by atoms with Crippen molar-refractivity contribution in [2.24, 2.45) is 5.73 Å². The van der Waals surface area contributed by atoms with Crippen LogP contribution in [0.2, 0.25) is 0 Å². The summed E-state index contributed by atoms with van der Waals surface area (Å²) in [4.78, 5) is 11.7. The maximum Gasteiger partial charge on any atom is 0.276 e. The monoisotopic (exact) mass is 284 g/mol. The van der Waals surface area contributed by atoms with E-state index >= 15 is 0 Å². The molecule has 0 radical (unpaired) electrons. The molecule has 0 bridgehead atoms. The number of nitrogens with zero attached hydrogens (tertiary/aromatic N) is 2. The second-order valence-electron chi connectivity index (χ2n) is 5.33. The van der Waals surface area contributed by atoms with E-state index < -0.39 is 5.54 Å². The van der Waals surface area contributed by atoms with Gasteiger partial charge in [-0.15, -0.1) is 10.2 Å². The van der Waals surface area contributed by atoms with E-state index in [0.29, 0.717) is 23.6 Å². The van der Waals surface area contributed by atoms with Gasteiger partial charge in [-0.2, -0.15) is 0 Å². The number of nitrogens with two attached hydrogens (primary N) is 1. The Bertz CT molecular complexity index is 460. The molecule has 1 aromatic rings. The summed E-state index contributed by atoms with van der Waals surface area (Å²) in [6.45, 7) is 5.65. The second kappa shape index (κ2) is 5.50. The molecule has 2 unspecified atom stereocenters. The van der Waals surface area contributed by atoms with Gasteiger partial charge in [0.2, 0.25) is 11.8 Å². The first kappa shape index (κ1) is 14.3. The number of rotatable bonds is 7. The smallest absolute Gasteiger partial charge is 0.276 e. The summed E-state index contributed by atoms with van der Waals surface area (Å²) in [6, 6.07) is 0.431. The van der Waals surface area contributed by atoms with E-state index in [1.54, 1.807) is 6.92 Å². The average Bonchev–Trinajstić information content (AvgIpc) is 3.00. The topological polar surface area (TPSA) is 94.0 Å². The van der Waals surface area contributed by atoms with E-state index in [2.05, 4.69) is 15.5 Å². The Labute approximate surface area is 116 Å². The number of aromatic nitrogens is 2. The van der Waals surface area contributed by atoms with Crippen LogP contribution in [0.1, 0.15) is 39.0 Å².